The van der Waals surface area contributed by atoms with Gasteiger partial charge in [0.25, 0.3) is 22.7 Å². The molecule has 0 spiro atoms. The lowest BCUT2D eigenvalue weighted by Gasteiger charge is -2.24. The number of nitrogens with zero attached hydrogens (tertiary/aromatic N) is 6. The van der Waals surface area contributed by atoms with Gasteiger partial charge in [0, 0.05) is 50.4 Å². The van der Waals surface area contributed by atoms with Gasteiger partial charge in [-0.2, -0.15) is 13.2 Å². The molecule has 0 aliphatic carbocycles. The van der Waals surface area contributed by atoms with Gasteiger partial charge in [0.2, 0.25) is 0 Å². The Bertz CT molecular complexity index is 1370. The van der Waals surface area contributed by atoms with Crippen LogP contribution in [0.5, 0.6) is 0 Å². The normalized spacial score (nSPS) is 11.0. The number of anilines is 2. The Hall–Kier alpha value is -4.83. The quantitative estimate of drug-likeness (QED) is 0.102. The number of rotatable bonds is 15. The van der Waals surface area contributed by atoms with E-state index in [1.807, 2.05) is 27.7 Å². The third kappa shape index (κ3) is 10.4. The highest BCUT2D eigenvalue weighted by molar-refractivity contribution is 5.77. The fourth-order valence-corrected chi connectivity index (χ4v) is 4.67. The molecule has 0 radical (unpaired) electrons. The predicted molar refractivity (Wildman–Crippen MR) is 169 cm³/mol. The van der Waals surface area contributed by atoms with Crippen molar-refractivity contribution in [1.82, 2.24) is 0 Å². The Kier molecular flexibility index (Phi) is 14.5. The second-order valence-corrected chi connectivity index (χ2v) is 10.8. The van der Waals surface area contributed by atoms with E-state index >= 15 is 0 Å². The largest absolute Gasteiger partial charge is 0.416 e. The SMILES string of the molecule is C=C(C)CN(CCC)c1c([N+](=O)[O-])cc(C(F)(F)F)cc1[N+](=O)[O-].CCCN(CCC)c1c([N+](=O)[O-])cc(C(C)C)cc1[N+](=O)[O-]. The summed E-state index contributed by atoms with van der Waals surface area (Å²) in [5.74, 6) is -0.0164. The van der Waals surface area contributed by atoms with Crippen molar-refractivity contribution < 1.29 is 32.9 Å². The molecule has 0 saturated heterocycles. The van der Waals surface area contributed by atoms with Gasteiger partial charge < -0.3 is 9.80 Å². The average molecular weight is 657 g/mol. The third-order valence-electron chi connectivity index (χ3n) is 6.52. The fourth-order valence-electron chi connectivity index (χ4n) is 4.67. The van der Waals surface area contributed by atoms with Crippen LogP contribution in [0.2, 0.25) is 0 Å². The minimum atomic E-state index is -4.93. The van der Waals surface area contributed by atoms with E-state index < -0.39 is 48.5 Å². The highest BCUT2D eigenvalue weighted by Gasteiger charge is 2.39. The number of benzene rings is 2. The molecule has 17 heteroatoms. The van der Waals surface area contributed by atoms with E-state index in [0.29, 0.717) is 42.8 Å². The Labute approximate surface area is 264 Å². The molecule has 0 bridgehead atoms. The first-order valence-corrected chi connectivity index (χ1v) is 14.5. The number of hydrogen-bond acceptors (Lipinski definition) is 10. The van der Waals surface area contributed by atoms with Gasteiger partial charge >= 0.3 is 6.18 Å². The van der Waals surface area contributed by atoms with Gasteiger partial charge in [-0.25, -0.2) is 0 Å². The lowest BCUT2D eigenvalue weighted by Crippen LogP contribution is -2.27. The molecule has 2 aromatic rings. The maximum absolute atomic E-state index is 12.9. The summed E-state index contributed by atoms with van der Waals surface area (Å²) in [6, 6.07) is 3.57. The molecule has 0 unspecified atom stereocenters. The minimum Gasteiger partial charge on any atom is -0.360 e. The van der Waals surface area contributed by atoms with Gasteiger partial charge in [0.05, 0.1) is 25.3 Å². The Morgan fingerprint density at radius 3 is 1.33 bits per heavy atom. The fraction of sp³-hybridized carbons (Fsp3) is 0.517. The van der Waals surface area contributed by atoms with Crippen molar-refractivity contribution in [1.29, 1.82) is 0 Å². The van der Waals surface area contributed by atoms with E-state index in [4.69, 9.17) is 0 Å². The van der Waals surface area contributed by atoms with Crippen LogP contribution >= 0.6 is 0 Å². The lowest BCUT2D eigenvalue weighted by molar-refractivity contribution is -0.393. The molecule has 254 valence electrons. The van der Waals surface area contributed by atoms with Crippen LogP contribution in [0.25, 0.3) is 0 Å². The molecule has 2 rings (SSSR count). The van der Waals surface area contributed by atoms with Crippen LogP contribution in [-0.4, -0.2) is 45.9 Å². The highest BCUT2D eigenvalue weighted by Crippen LogP contribution is 2.44. The smallest absolute Gasteiger partial charge is 0.360 e. The molecule has 0 amide bonds. The van der Waals surface area contributed by atoms with Crippen LogP contribution in [0.3, 0.4) is 0 Å². The zero-order valence-electron chi connectivity index (χ0n) is 26.6. The van der Waals surface area contributed by atoms with E-state index in [9.17, 15) is 53.6 Å². The van der Waals surface area contributed by atoms with Crippen molar-refractivity contribution in [2.45, 2.75) is 72.9 Å². The first kappa shape index (κ1) is 39.2. The minimum absolute atomic E-state index is 0.0164. The van der Waals surface area contributed by atoms with Crippen molar-refractivity contribution in [3.8, 4) is 0 Å². The number of halogens is 3. The van der Waals surface area contributed by atoms with Gasteiger partial charge in [-0.1, -0.05) is 46.8 Å². The highest BCUT2D eigenvalue weighted by atomic mass is 19.4. The summed E-state index contributed by atoms with van der Waals surface area (Å²) in [6.07, 6.45) is -2.92. The monoisotopic (exact) mass is 656 g/mol. The number of alkyl halides is 3. The molecule has 0 atom stereocenters. The molecular weight excluding hydrogens is 617 g/mol. The van der Waals surface area contributed by atoms with E-state index in [1.54, 1.807) is 18.7 Å². The Morgan fingerprint density at radius 2 is 1.04 bits per heavy atom. The third-order valence-corrected chi connectivity index (χ3v) is 6.52. The van der Waals surface area contributed by atoms with Crippen molar-refractivity contribution in [2.75, 3.05) is 36.0 Å². The first-order valence-electron chi connectivity index (χ1n) is 14.5. The second kappa shape index (κ2) is 17.0. The molecule has 0 saturated carbocycles. The molecule has 14 nitrogen and oxygen atoms in total. The van der Waals surface area contributed by atoms with Crippen LogP contribution in [-0.2, 0) is 6.18 Å². The van der Waals surface area contributed by atoms with Crippen LogP contribution in [0, 0.1) is 40.5 Å². The first-order chi connectivity index (χ1) is 21.3. The maximum atomic E-state index is 12.9. The van der Waals surface area contributed by atoms with E-state index in [-0.39, 0.29) is 36.1 Å². The number of hydrogen-bond donors (Lipinski definition) is 0. The summed E-state index contributed by atoms with van der Waals surface area (Å²) >= 11 is 0. The molecule has 0 heterocycles. The standard InChI is InChI=1S/C15H23N3O4.C14H16F3N3O4/c1-5-7-16(8-6-2)15-13(17(19)20)9-12(11(3)4)10-14(15)18(21)22;1-4-5-18(8-9(2)3)13-11(19(21)22)6-10(14(15,16)17)7-12(13)20(23)24/h9-11H,5-8H2,1-4H3;6-7H,2,4-5,8H2,1,3H3. The van der Waals surface area contributed by atoms with Gasteiger partial charge in [0.1, 0.15) is 0 Å². The predicted octanol–water partition coefficient (Wildman–Crippen LogP) is 8.57. The maximum Gasteiger partial charge on any atom is 0.416 e. The summed E-state index contributed by atoms with van der Waals surface area (Å²) in [7, 11) is 0. The zero-order chi connectivity index (χ0) is 35.5. The summed E-state index contributed by atoms with van der Waals surface area (Å²) in [5.41, 5.74) is -2.85. The van der Waals surface area contributed by atoms with Crippen LogP contribution in [0.1, 0.15) is 77.8 Å². The topological polar surface area (TPSA) is 179 Å². The Morgan fingerprint density at radius 1 is 0.717 bits per heavy atom. The molecule has 0 aliphatic rings. The van der Waals surface area contributed by atoms with Gasteiger partial charge in [-0.3, -0.25) is 40.5 Å². The van der Waals surface area contributed by atoms with Crippen LogP contribution < -0.4 is 9.80 Å². The van der Waals surface area contributed by atoms with Crippen LogP contribution in [0.4, 0.5) is 47.3 Å². The van der Waals surface area contributed by atoms with Crippen molar-refractivity contribution >= 4 is 34.1 Å². The molecule has 46 heavy (non-hydrogen) atoms. The van der Waals surface area contributed by atoms with Gasteiger partial charge in [-0.15, -0.1) is 0 Å². The van der Waals surface area contributed by atoms with Crippen molar-refractivity contribution in [3.63, 3.8) is 0 Å². The van der Waals surface area contributed by atoms with E-state index in [1.165, 1.54) is 17.0 Å². The molecule has 2 aromatic carbocycles. The van der Waals surface area contributed by atoms with Crippen molar-refractivity contribution in [2.24, 2.45) is 0 Å². The average Bonchev–Trinajstić information content (AvgIpc) is 2.94. The summed E-state index contributed by atoms with van der Waals surface area (Å²) in [6.45, 7) is 16.0. The van der Waals surface area contributed by atoms with Gasteiger partial charge in [0.15, 0.2) is 11.4 Å². The molecule has 0 aliphatic heterocycles. The Balaban J connectivity index is 0.000000462. The molecular formula is C29H39F3N6O8. The van der Waals surface area contributed by atoms with E-state index in [2.05, 4.69) is 6.58 Å². The summed E-state index contributed by atoms with van der Waals surface area (Å²) in [4.78, 5) is 45.3. The molecule has 0 aromatic heterocycles. The molecule has 0 N–H and O–H groups in total. The van der Waals surface area contributed by atoms with Crippen LogP contribution in [0.15, 0.2) is 36.4 Å². The number of nitro groups is 4. The molecule has 0 fully saturated rings. The summed E-state index contributed by atoms with van der Waals surface area (Å²) < 4.78 is 38.7. The number of nitro benzene ring substituents is 4. The second-order valence-electron chi connectivity index (χ2n) is 10.8. The van der Waals surface area contributed by atoms with E-state index in [0.717, 1.165) is 12.8 Å². The lowest BCUT2D eigenvalue weighted by atomic mass is 10.00. The zero-order valence-corrected chi connectivity index (χ0v) is 26.6. The summed E-state index contributed by atoms with van der Waals surface area (Å²) in [5, 5.41) is 45.4. The van der Waals surface area contributed by atoms with Crippen molar-refractivity contribution in [3.05, 3.63) is 88.0 Å². The van der Waals surface area contributed by atoms with Gasteiger partial charge in [-0.05, 0) is 37.7 Å².